The maximum atomic E-state index is 11.7. The van der Waals surface area contributed by atoms with Gasteiger partial charge in [-0.3, -0.25) is 4.90 Å². The molecule has 128 valence electrons. The van der Waals surface area contributed by atoms with Crippen LogP contribution in [0, 0.1) is 5.41 Å². The molecule has 23 heavy (non-hydrogen) atoms. The molecule has 6 heteroatoms. The van der Waals surface area contributed by atoms with Crippen molar-refractivity contribution in [2.24, 2.45) is 5.41 Å². The lowest BCUT2D eigenvalue weighted by molar-refractivity contribution is -0.0445. The van der Waals surface area contributed by atoms with Gasteiger partial charge in [0.25, 0.3) is 0 Å². The average Bonchev–Trinajstić information content (AvgIpc) is 2.52. The number of sulfonamides is 1. The lowest BCUT2D eigenvalue weighted by Gasteiger charge is -2.48. The van der Waals surface area contributed by atoms with Crippen molar-refractivity contribution in [3.8, 4) is 0 Å². The van der Waals surface area contributed by atoms with Crippen LogP contribution < -0.4 is 4.72 Å². The van der Waals surface area contributed by atoms with Crippen molar-refractivity contribution in [1.29, 1.82) is 0 Å². The van der Waals surface area contributed by atoms with Gasteiger partial charge in [0.2, 0.25) is 10.0 Å². The van der Waals surface area contributed by atoms with Crippen LogP contribution in [0.15, 0.2) is 30.3 Å². The zero-order valence-corrected chi connectivity index (χ0v) is 14.5. The molecule has 0 bridgehead atoms. The zero-order chi connectivity index (χ0) is 16.3. The van der Waals surface area contributed by atoms with Crippen LogP contribution in [0.4, 0.5) is 0 Å². The van der Waals surface area contributed by atoms with E-state index in [1.165, 1.54) is 11.8 Å². The van der Waals surface area contributed by atoms with Crippen molar-refractivity contribution in [3.05, 3.63) is 35.9 Å². The summed E-state index contributed by atoms with van der Waals surface area (Å²) in [5.41, 5.74) is 1.38. The van der Waals surface area contributed by atoms with Gasteiger partial charge in [0.15, 0.2) is 0 Å². The summed E-state index contributed by atoms with van der Waals surface area (Å²) in [6, 6.07) is 10.4. The molecule has 0 aliphatic carbocycles. The summed E-state index contributed by atoms with van der Waals surface area (Å²) in [4.78, 5) is 2.47. The van der Waals surface area contributed by atoms with Gasteiger partial charge in [-0.2, -0.15) is 0 Å². The average molecular weight is 338 g/mol. The Labute approximate surface area is 139 Å². The van der Waals surface area contributed by atoms with E-state index in [0.29, 0.717) is 6.61 Å². The van der Waals surface area contributed by atoms with Crippen LogP contribution in [0.3, 0.4) is 0 Å². The largest absolute Gasteiger partial charge is 0.380 e. The Balaban J connectivity index is 1.63. The number of nitrogens with zero attached hydrogens (tertiary/aromatic N) is 1. The quantitative estimate of drug-likeness (QED) is 0.906. The topological polar surface area (TPSA) is 58.6 Å². The fourth-order valence-corrected chi connectivity index (χ4v) is 4.68. The van der Waals surface area contributed by atoms with E-state index in [2.05, 4.69) is 33.9 Å². The second-order valence-electron chi connectivity index (χ2n) is 6.89. The van der Waals surface area contributed by atoms with Crippen LogP contribution in [0.1, 0.15) is 24.8 Å². The Kier molecular flexibility index (Phi) is 5.06. The summed E-state index contributed by atoms with van der Waals surface area (Å²) in [6.07, 6.45) is 4.23. The summed E-state index contributed by atoms with van der Waals surface area (Å²) >= 11 is 0. The third kappa shape index (κ3) is 4.32. The number of benzene rings is 1. The van der Waals surface area contributed by atoms with E-state index in [1.54, 1.807) is 0 Å². The first-order valence-electron chi connectivity index (χ1n) is 8.28. The SMILES string of the molecule is CS(=O)(=O)N[C@H]1COCCC12CCN(Cc1ccccc1)CC2. The van der Waals surface area contributed by atoms with Crippen LogP contribution >= 0.6 is 0 Å². The first kappa shape index (κ1) is 16.9. The molecule has 2 aliphatic heterocycles. The fraction of sp³-hybridized carbons (Fsp3) is 0.647. The Bertz CT molecular complexity index is 610. The van der Waals surface area contributed by atoms with Gasteiger partial charge in [-0.15, -0.1) is 0 Å². The highest BCUT2D eigenvalue weighted by Crippen LogP contribution is 2.41. The fourth-order valence-electron chi connectivity index (χ4n) is 3.84. The van der Waals surface area contributed by atoms with E-state index in [4.69, 9.17) is 4.74 Å². The van der Waals surface area contributed by atoms with Crippen LogP contribution in [0.5, 0.6) is 0 Å². The smallest absolute Gasteiger partial charge is 0.209 e. The minimum absolute atomic E-state index is 0.0501. The second-order valence-corrected chi connectivity index (χ2v) is 8.67. The monoisotopic (exact) mass is 338 g/mol. The number of hydrogen-bond acceptors (Lipinski definition) is 4. The van der Waals surface area contributed by atoms with Gasteiger partial charge < -0.3 is 4.74 Å². The number of likely N-dealkylation sites (tertiary alicyclic amines) is 1. The van der Waals surface area contributed by atoms with Crippen molar-refractivity contribution >= 4 is 10.0 Å². The summed E-state index contributed by atoms with van der Waals surface area (Å²) in [7, 11) is -3.20. The lowest BCUT2D eigenvalue weighted by Crippen LogP contribution is -2.57. The Morgan fingerprint density at radius 1 is 1.22 bits per heavy atom. The predicted octanol–water partition coefficient (Wildman–Crippen LogP) is 1.61. The van der Waals surface area contributed by atoms with Crippen molar-refractivity contribution < 1.29 is 13.2 Å². The van der Waals surface area contributed by atoms with Gasteiger partial charge in [-0.25, -0.2) is 13.1 Å². The van der Waals surface area contributed by atoms with Crippen LogP contribution in [0.25, 0.3) is 0 Å². The third-order valence-electron chi connectivity index (χ3n) is 5.23. The summed E-state index contributed by atoms with van der Waals surface area (Å²) in [5, 5.41) is 0. The third-order valence-corrected chi connectivity index (χ3v) is 5.94. The molecule has 2 saturated heterocycles. The van der Waals surface area contributed by atoms with E-state index in [-0.39, 0.29) is 11.5 Å². The molecule has 1 N–H and O–H groups in total. The van der Waals surface area contributed by atoms with Crippen molar-refractivity contribution in [3.63, 3.8) is 0 Å². The summed E-state index contributed by atoms with van der Waals surface area (Å²) in [6.45, 7) is 4.22. The molecule has 0 amide bonds. The predicted molar refractivity (Wildman–Crippen MR) is 90.6 cm³/mol. The first-order valence-corrected chi connectivity index (χ1v) is 10.2. The molecule has 1 aromatic carbocycles. The molecule has 0 aromatic heterocycles. The molecule has 0 saturated carbocycles. The molecule has 5 nitrogen and oxygen atoms in total. The number of hydrogen-bond donors (Lipinski definition) is 1. The van der Waals surface area contributed by atoms with E-state index < -0.39 is 10.0 Å². The molecule has 0 radical (unpaired) electrons. The van der Waals surface area contributed by atoms with Gasteiger partial charge in [0.05, 0.1) is 18.9 Å². The minimum atomic E-state index is -3.20. The van der Waals surface area contributed by atoms with Gasteiger partial charge in [0.1, 0.15) is 0 Å². The molecule has 1 spiro atoms. The lowest BCUT2D eigenvalue weighted by atomic mass is 9.69. The highest BCUT2D eigenvalue weighted by atomic mass is 32.2. The minimum Gasteiger partial charge on any atom is -0.380 e. The highest BCUT2D eigenvalue weighted by molar-refractivity contribution is 7.88. The van der Waals surface area contributed by atoms with Gasteiger partial charge in [-0.05, 0) is 43.3 Å². The number of nitrogens with one attached hydrogen (secondary N) is 1. The number of piperidine rings is 1. The second kappa shape index (κ2) is 6.89. The molecule has 2 heterocycles. The van der Waals surface area contributed by atoms with Crippen molar-refractivity contribution in [2.75, 3.05) is 32.6 Å². The van der Waals surface area contributed by atoms with Crippen LogP contribution in [-0.2, 0) is 21.3 Å². The van der Waals surface area contributed by atoms with Crippen molar-refractivity contribution in [2.45, 2.75) is 31.8 Å². The summed E-state index contributed by atoms with van der Waals surface area (Å²) in [5.74, 6) is 0. The van der Waals surface area contributed by atoms with Gasteiger partial charge >= 0.3 is 0 Å². The van der Waals surface area contributed by atoms with E-state index in [1.807, 2.05) is 6.07 Å². The molecule has 2 fully saturated rings. The molecule has 0 unspecified atom stereocenters. The molecule has 2 aliphatic rings. The Morgan fingerprint density at radius 2 is 1.91 bits per heavy atom. The molecule has 1 aromatic rings. The Morgan fingerprint density at radius 3 is 2.57 bits per heavy atom. The maximum absolute atomic E-state index is 11.7. The van der Waals surface area contributed by atoms with Crippen molar-refractivity contribution in [1.82, 2.24) is 9.62 Å². The van der Waals surface area contributed by atoms with E-state index in [9.17, 15) is 8.42 Å². The van der Waals surface area contributed by atoms with Gasteiger partial charge in [0, 0.05) is 13.2 Å². The Hall–Kier alpha value is -0.950. The standard InChI is InChI=1S/C17H26N2O3S/c1-23(20,21)18-16-14-22-12-9-17(16)7-10-19(11-8-17)13-15-5-3-2-4-6-15/h2-6,16,18H,7-14H2,1H3/t16-/m0/s1. The van der Waals surface area contributed by atoms with E-state index >= 15 is 0 Å². The highest BCUT2D eigenvalue weighted by Gasteiger charge is 2.44. The molecule has 3 rings (SSSR count). The summed E-state index contributed by atoms with van der Waals surface area (Å²) < 4.78 is 31.7. The zero-order valence-electron chi connectivity index (χ0n) is 13.7. The molecule has 1 atom stereocenters. The molecular weight excluding hydrogens is 312 g/mol. The normalized spacial score (nSPS) is 25.5. The number of rotatable bonds is 4. The van der Waals surface area contributed by atoms with Crippen LogP contribution in [0.2, 0.25) is 0 Å². The van der Waals surface area contributed by atoms with Gasteiger partial charge in [-0.1, -0.05) is 30.3 Å². The first-order chi connectivity index (χ1) is 11.0. The number of ether oxygens (including phenoxy) is 1. The van der Waals surface area contributed by atoms with E-state index in [0.717, 1.165) is 45.5 Å². The van der Waals surface area contributed by atoms with Crippen LogP contribution in [-0.4, -0.2) is 51.9 Å². The maximum Gasteiger partial charge on any atom is 0.209 e. The molecular formula is C17H26N2O3S.